The summed E-state index contributed by atoms with van der Waals surface area (Å²) in [7, 11) is 1.79. The molecule has 1 aliphatic heterocycles. The molecule has 0 radical (unpaired) electrons. The number of benzene rings is 2. The van der Waals surface area contributed by atoms with Crippen molar-refractivity contribution < 1.29 is 4.74 Å². The average molecular weight is 321 g/mol. The van der Waals surface area contributed by atoms with E-state index in [-0.39, 0.29) is 0 Å². The smallest absolute Gasteiger partial charge is 0.0948 e. The Morgan fingerprint density at radius 2 is 2.00 bits per heavy atom. The molecule has 0 aliphatic carbocycles. The molecule has 1 aromatic heterocycles. The zero-order valence-corrected chi connectivity index (χ0v) is 14.1. The van der Waals surface area contributed by atoms with Gasteiger partial charge >= 0.3 is 0 Å². The van der Waals surface area contributed by atoms with E-state index in [4.69, 9.17) is 4.74 Å². The van der Waals surface area contributed by atoms with Crippen LogP contribution in [0.3, 0.4) is 0 Å². The molecule has 0 saturated heterocycles. The second-order valence-electron chi connectivity index (χ2n) is 6.67. The molecule has 0 spiro atoms. The summed E-state index contributed by atoms with van der Waals surface area (Å²) in [4.78, 5) is 6.85. The first-order chi connectivity index (χ1) is 11.8. The van der Waals surface area contributed by atoms with Crippen molar-refractivity contribution in [3.63, 3.8) is 0 Å². The second-order valence-corrected chi connectivity index (χ2v) is 6.67. The van der Waals surface area contributed by atoms with Crippen LogP contribution in [-0.4, -0.2) is 34.7 Å². The lowest BCUT2D eigenvalue weighted by molar-refractivity contribution is 0.115. The lowest BCUT2D eigenvalue weighted by atomic mass is 10.0. The second kappa shape index (κ2) is 6.75. The minimum Gasteiger partial charge on any atom is -0.384 e. The first-order valence-electron chi connectivity index (χ1n) is 8.50. The van der Waals surface area contributed by atoms with Crippen LogP contribution >= 0.6 is 0 Å². The van der Waals surface area contributed by atoms with Crippen LogP contribution in [-0.2, 0) is 24.4 Å². The fourth-order valence-electron chi connectivity index (χ4n) is 3.77. The quantitative estimate of drug-likeness (QED) is 0.738. The summed E-state index contributed by atoms with van der Waals surface area (Å²) in [5.74, 6) is 0.487. The van der Waals surface area contributed by atoms with Gasteiger partial charge in [0.1, 0.15) is 0 Å². The number of hydrogen-bond acceptors (Lipinski definition) is 3. The average Bonchev–Trinajstić information content (AvgIpc) is 2.95. The minimum atomic E-state index is 0.487. The summed E-state index contributed by atoms with van der Waals surface area (Å²) in [5, 5.41) is 2.66. The molecule has 4 heteroatoms. The molecule has 3 aromatic rings. The van der Waals surface area contributed by atoms with E-state index in [0.29, 0.717) is 5.92 Å². The van der Waals surface area contributed by atoms with Gasteiger partial charge in [-0.05, 0) is 16.3 Å². The maximum Gasteiger partial charge on any atom is 0.0948 e. The number of hydrogen-bond donors (Lipinski definition) is 0. The molecule has 0 saturated carbocycles. The molecule has 0 unspecified atom stereocenters. The fraction of sp³-hybridized carbons (Fsp3) is 0.350. The third-order valence-corrected chi connectivity index (χ3v) is 4.83. The highest BCUT2D eigenvalue weighted by molar-refractivity contribution is 5.85. The predicted molar refractivity (Wildman–Crippen MR) is 95.7 cm³/mol. The summed E-state index contributed by atoms with van der Waals surface area (Å²) in [6.07, 6.45) is 3.94. The number of rotatable bonds is 4. The molecule has 4 nitrogen and oxygen atoms in total. The van der Waals surface area contributed by atoms with Crippen LogP contribution in [0.4, 0.5) is 0 Å². The molecule has 4 rings (SSSR count). The monoisotopic (exact) mass is 321 g/mol. The van der Waals surface area contributed by atoms with Gasteiger partial charge in [0.05, 0.1) is 18.6 Å². The van der Waals surface area contributed by atoms with Crippen molar-refractivity contribution in [2.45, 2.75) is 19.6 Å². The van der Waals surface area contributed by atoms with E-state index in [1.54, 1.807) is 7.11 Å². The van der Waals surface area contributed by atoms with Crippen molar-refractivity contribution in [3.05, 3.63) is 66.2 Å². The van der Waals surface area contributed by atoms with Crippen LogP contribution < -0.4 is 0 Å². The van der Waals surface area contributed by atoms with Crippen LogP contribution in [0, 0.1) is 5.92 Å². The normalized spacial score (nSPS) is 18.5. The van der Waals surface area contributed by atoms with Crippen molar-refractivity contribution in [1.29, 1.82) is 0 Å². The summed E-state index contributed by atoms with van der Waals surface area (Å²) in [5.41, 5.74) is 2.67. The van der Waals surface area contributed by atoms with Gasteiger partial charge in [-0.2, -0.15) is 0 Å². The standard InChI is InChI=1S/C20H23N3O/c1-24-14-16-10-22(13-19-9-21-15-23(19)11-16)12-18-7-4-6-17-5-2-3-8-20(17)18/h2-9,15-16H,10-14H2,1H3/t16-/m0/s1. The maximum atomic E-state index is 5.44. The highest BCUT2D eigenvalue weighted by Crippen LogP contribution is 2.23. The molecule has 1 aliphatic rings. The molecule has 0 amide bonds. The Bertz CT molecular complexity index is 821. The van der Waals surface area contributed by atoms with Crippen LogP contribution in [0.1, 0.15) is 11.3 Å². The topological polar surface area (TPSA) is 30.3 Å². The molecule has 0 fully saturated rings. The Morgan fingerprint density at radius 3 is 2.92 bits per heavy atom. The van der Waals surface area contributed by atoms with E-state index in [9.17, 15) is 0 Å². The molecule has 1 atom stereocenters. The summed E-state index contributed by atoms with van der Waals surface area (Å²) in [6.45, 7) is 4.69. The van der Waals surface area contributed by atoms with Gasteiger partial charge < -0.3 is 9.30 Å². The summed E-state index contributed by atoms with van der Waals surface area (Å²) >= 11 is 0. The van der Waals surface area contributed by atoms with Crippen molar-refractivity contribution in [1.82, 2.24) is 14.5 Å². The molecule has 0 N–H and O–H groups in total. The number of aromatic nitrogens is 2. The Hall–Kier alpha value is -2.17. The Labute approximate surface area is 142 Å². The Balaban J connectivity index is 1.62. The highest BCUT2D eigenvalue weighted by atomic mass is 16.5. The van der Waals surface area contributed by atoms with Gasteiger partial charge in [-0.15, -0.1) is 0 Å². The largest absolute Gasteiger partial charge is 0.384 e. The number of fused-ring (bicyclic) bond motifs is 2. The number of ether oxygens (including phenoxy) is 1. The zero-order chi connectivity index (χ0) is 16.4. The van der Waals surface area contributed by atoms with E-state index in [0.717, 1.165) is 32.8 Å². The third kappa shape index (κ3) is 3.07. The van der Waals surface area contributed by atoms with Gasteiger partial charge in [-0.1, -0.05) is 42.5 Å². The van der Waals surface area contributed by atoms with E-state index >= 15 is 0 Å². The number of imidazole rings is 1. The van der Waals surface area contributed by atoms with Crippen molar-refractivity contribution in [2.75, 3.05) is 20.3 Å². The number of methoxy groups -OCH3 is 1. The van der Waals surface area contributed by atoms with Gasteiger partial charge in [-0.3, -0.25) is 4.90 Å². The molecule has 0 bridgehead atoms. The van der Waals surface area contributed by atoms with Crippen LogP contribution in [0.2, 0.25) is 0 Å². The van der Waals surface area contributed by atoms with Gasteiger partial charge in [0.2, 0.25) is 0 Å². The fourth-order valence-corrected chi connectivity index (χ4v) is 3.77. The molecular weight excluding hydrogens is 298 g/mol. The SMILES string of the molecule is COC[C@H]1CN(Cc2cccc3ccccc23)Cc2cncn2C1. The minimum absolute atomic E-state index is 0.487. The maximum absolute atomic E-state index is 5.44. The van der Waals surface area contributed by atoms with Crippen molar-refractivity contribution >= 4 is 10.8 Å². The molecule has 2 aromatic carbocycles. The predicted octanol–water partition coefficient (Wildman–Crippen LogP) is 3.31. The first kappa shape index (κ1) is 15.4. The number of nitrogens with zero attached hydrogens (tertiary/aromatic N) is 3. The molecule has 24 heavy (non-hydrogen) atoms. The van der Waals surface area contributed by atoms with E-state index in [1.165, 1.54) is 22.0 Å². The Morgan fingerprint density at radius 1 is 1.12 bits per heavy atom. The highest BCUT2D eigenvalue weighted by Gasteiger charge is 2.22. The van der Waals surface area contributed by atoms with E-state index in [1.807, 2.05) is 12.5 Å². The zero-order valence-electron chi connectivity index (χ0n) is 14.1. The van der Waals surface area contributed by atoms with Crippen molar-refractivity contribution in [3.8, 4) is 0 Å². The Kier molecular flexibility index (Phi) is 4.32. The van der Waals surface area contributed by atoms with Crippen molar-refractivity contribution in [2.24, 2.45) is 5.92 Å². The lowest BCUT2D eigenvalue weighted by Crippen LogP contribution is -2.29. The van der Waals surface area contributed by atoms with Crippen LogP contribution in [0.5, 0.6) is 0 Å². The van der Waals surface area contributed by atoms with Crippen LogP contribution in [0.25, 0.3) is 10.8 Å². The van der Waals surface area contributed by atoms with E-state index in [2.05, 4.69) is 56.9 Å². The lowest BCUT2D eigenvalue weighted by Gasteiger charge is -2.24. The summed E-state index contributed by atoms with van der Waals surface area (Å²) in [6, 6.07) is 15.2. The van der Waals surface area contributed by atoms with Gasteiger partial charge in [0.25, 0.3) is 0 Å². The summed E-state index contributed by atoms with van der Waals surface area (Å²) < 4.78 is 7.71. The van der Waals surface area contributed by atoms with Gasteiger partial charge in [0.15, 0.2) is 0 Å². The molecule has 2 heterocycles. The van der Waals surface area contributed by atoms with E-state index < -0.39 is 0 Å². The van der Waals surface area contributed by atoms with Gasteiger partial charge in [0, 0.05) is 45.4 Å². The van der Waals surface area contributed by atoms with Gasteiger partial charge in [-0.25, -0.2) is 4.98 Å². The first-order valence-corrected chi connectivity index (χ1v) is 8.50. The molecule has 124 valence electrons. The molecular formula is C20H23N3O. The van der Waals surface area contributed by atoms with Crippen LogP contribution in [0.15, 0.2) is 55.0 Å². The third-order valence-electron chi connectivity index (χ3n) is 4.83.